The fourth-order valence-corrected chi connectivity index (χ4v) is 5.08. The van der Waals surface area contributed by atoms with Crippen molar-refractivity contribution >= 4 is 17.6 Å². The first-order valence-electron chi connectivity index (χ1n) is 14.5. The van der Waals surface area contributed by atoms with E-state index in [9.17, 15) is 9.59 Å². The highest BCUT2D eigenvalue weighted by Gasteiger charge is 2.26. The number of aromatic nitrogens is 2. The number of hydrogen-bond donors (Lipinski definition) is 0. The number of ether oxygens (including phenoxy) is 1. The largest absolute Gasteiger partial charge is 0.497 e. The van der Waals surface area contributed by atoms with Crippen LogP contribution in [0.25, 0.3) is 22.4 Å². The maximum Gasteiger partial charge on any atom is 0.254 e. The summed E-state index contributed by atoms with van der Waals surface area (Å²) in [5.41, 5.74) is 4.73. The van der Waals surface area contributed by atoms with E-state index in [1.54, 1.807) is 36.3 Å². The van der Waals surface area contributed by atoms with Crippen LogP contribution in [0.3, 0.4) is 0 Å². The van der Waals surface area contributed by atoms with Crippen LogP contribution >= 0.6 is 0 Å². The van der Waals surface area contributed by atoms with E-state index in [4.69, 9.17) is 4.74 Å². The van der Waals surface area contributed by atoms with Gasteiger partial charge in [-0.2, -0.15) is 0 Å². The van der Waals surface area contributed by atoms with Gasteiger partial charge in [0.25, 0.3) is 5.91 Å². The number of hydrogen-bond acceptors (Lipinski definition) is 6. The molecule has 1 aliphatic rings. The van der Waals surface area contributed by atoms with Crippen LogP contribution in [0.1, 0.15) is 30.1 Å². The van der Waals surface area contributed by atoms with E-state index >= 15 is 0 Å². The van der Waals surface area contributed by atoms with Gasteiger partial charge in [0, 0.05) is 43.9 Å². The molecule has 0 unspecified atom stereocenters. The van der Waals surface area contributed by atoms with Crippen molar-refractivity contribution < 1.29 is 14.3 Å². The number of rotatable bonds is 10. The van der Waals surface area contributed by atoms with Crippen LogP contribution in [0.2, 0.25) is 0 Å². The second-order valence-electron chi connectivity index (χ2n) is 10.4. The van der Waals surface area contributed by atoms with E-state index in [-0.39, 0.29) is 18.4 Å². The molecule has 2 heterocycles. The molecule has 5 rings (SSSR count). The van der Waals surface area contributed by atoms with Crippen LogP contribution < -0.4 is 9.64 Å². The quantitative estimate of drug-likeness (QED) is 0.257. The normalized spacial score (nSPS) is 13.1. The lowest BCUT2D eigenvalue weighted by Crippen LogP contribution is -2.52. The molecule has 1 saturated heterocycles. The highest BCUT2D eigenvalue weighted by atomic mass is 16.5. The number of carbonyl (C=O) groups is 2. The highest BCUT2D eigenvalue weighted by Crippen LogP contribution is 2.24. The molecule has 216 valence electrons. The highest BCUT2D eigenvalue weighted by molar-refractivity contribution is 5.96. The lowest BCUT2D eigenvalue weighted by molar-refractivity contribution is -0.132. The van der Waals surface area contributed by atoms with Gasteiger partial charge in [-0.3, -0.25) is 9.59 Å². The molecule has 2 amide bonds. The molecular formula is C34H37N5O3. The summed E-state index contributed by atoms with van der Waals surface area (Å²) in [6.45, 7) is 5.16. The number of piperazine rings is 1. The Bertz CT molecular complexity index is 1450. The van der Waals surface area contributed by atoms with Crippen LogP contribution in [-0.2, 0) is 4.79 Å². The number of nitrogens with zero attached hydrogens (tertiary/aromatic N) is 5. The van der Waals surface area contributed by atoms with Crippen molar-refractivity contribution in [3.63, 3.8) is 0 Å². The summed E-state index contributed by atoms with van der Waals surface area (Å²) >= 11 is 0. The van der Waals surface area contributed by atoms with E-state index in [2.05, 4.69) is 58.4 Å². The average Bonchev–Trinajstić information content (AvgIpc) is 3.07. The van der Waals surface area contributed by atoms with Crippen molar-refractivity contribution in [2.45, 2.75) is 19.8 Å². The van der Waals surface area contributed by atoms with Gasteiger partial charge in [0.2, 0.25) is 5.91 Å². The van der Waals surface area contributed by atoms with Crippen molar-refractivity contribution in [2.24, 2.45) is 0 Å². The number of amides is 2. The summed E-state index contributed by atoms with van der Waals surface area (Å²) in [4.78, 5) is 32.1. The van der Waals surface area contributed by atoms with E-state index in [0.29, 0.717) is 44.0 Å². The van der Waals surface area contributed by atoms with E-state index < -0.39 is 0 Å². The van der Waals surface area contributed by atoms with Gasteiger partial charge in [-0.1, -0.05) is 67.9 Å². The van der Waals surface area contributed by atoms with Crippen LogP contribution in [0, 0.1) is 0 Å². The van der Waals surface area contributed by atoms with Crippen molar-refractivity contribution in [3.8, 4) is 28.1 Å². The number of benzene rings is 3. The van der Waals surface area contributed by atoms with E-state index in [0.717, 1.165) is 35.5 Å². The Morgan fingerprint density at radius 1 is 0.786 bits per heavy atom. The molecule has 42 heavy (non-hydrogen) atoms. The molecular weight excluding hydrogens is 526 g/mol. The summed E-state index contributed by atoms with van der Waals surface area (Å²) in [6, 6.07) is 29.6. The second kappa shape index (κ2) is 13.8. The molecule has 3 aromatic carbocycles. The summed E-state index contributed by atoms with van der Waals surface area (Å²) in [5.74, 6) is 1.32. The maximum atomic E-state index is 13.2. The third-order valence-corrected chi connectivity index (χ3v) is 7.63. The summed E-state index contributed by atoms with van der Waals surface area (Å²) in [7, 11) is 1.59. The zero-order chi connectivity index (χ0) is 29.3. The summed E-state index contributed by atoms with van der Waals surface area (Å²) in [6.07, 6.45) is 1.78. The van der Waals surface area contributed by atoms with Gasteiger partial charge in [0.15, 0.2) is 5.82 Å². The average molecular weight is 564 g/mol. The standard InChI is InChI=1S/C34H37N5O3/c1-3-4-20-39(34(41)29-14-16-30(42-2)17-15-29)25-33(40)38-23-21-37(22-24-38)32-19-18-31(35-36-32)28-12-10-27(11-13-28)26-8-6-5-7-9-26/h5-19H,3-4,20-25H2,1-2H3. The number of methoxy groups -OCH3 is 1. The molecule has 0 radical (unpaired) electrons. The van der Waals surface area contributed by atoms with E-state index in [1.807, 2.05) is 35.2 Å². The molecule has 0 saturated carbocycles. The number of unbranched alkanes of at least 4 members (excludes halogenated alkanes) is 1. The molecule has 0 bridgehead atoms. The van der Waals surface area contributed by atoms with Crippen LogP contribution in [0.15, 0.2) is 91.0 Å². The minimum atomic E-state index is -0.136. The molecule has 1 aliphatic heterocycles. The maximum absolute atomic E-state index is 13.2. The number of anilines is 1. The Labute approximate surface area is 247 Å². The van der Waals surface area contributed by atoms with Crippen molar-refractivity contribution in [2.75, 3.05) is 51.3 Å². The smallest absolute Gasteiger partial charge is 0.254 e. The third kappa shape index (κ3) is 6.94. The minimum absolute atomic E-state index is 0.0343. The zero-order valence-electron chi connectivity index (χ0n) is 24.3. The van der Waals surface area contributed by atoms with Crippen molar-refractivity contribution in [3.05, 3.63) is 96.6 Å². The first kappa shape index (κ1) is 28.8. The fraction of sp³-hybridized carbons (Fsp3) is 0.294. The molecule has 1 fully saturated rings. The van der Waals surface area contributed by atoms with Gasteiger partial charge in [-0.15, -0.1) is 10.2 Å². The van der Waals surface area contributed by atoms with Gasteiger partial charge in [-0.25, -0.2) is 0 Å². The van der Waals surface area contributed by atoms with Crippen LogP contribution in [0.4, 0.5) is 5.82 Å². The topological polar surface area (TPSA) is 78.9 Å². The molecule has 8 nitrogen and oxygen atoms in total. The summed E-state index contributed by atoms with van der Waals surface area (Å²) < 4.78 is 5.20. The molecule has 8 heteroatoms. The first-order chi connectivity index (χ1) is 20.6. The zero-order valence-corrected chi connectivity index (χ0v) is 24.3. The van der Waals surface area contributed by atoms with Gasteiger partial charge in [0.1, 0.15) is 12.3 Å². The Kier molecular flexibility index (Phi) is 9.44. The third-order valence-electron chi connectivity index (χ3n) is 7.63. The van der Waals surface area contributed by atoms with E-state index in [1.165, 1.54) is 5.56 Å². The van der Waals surface area contributed by atoms with Crippen molar-refractivity contribution in [1.82, 2.24) is 20.0 Å². The predicted octanol–water partition coefficient (Wildman–Crippen LogP) is 5.41. The Morgan fingerprint density at radius 3 is 2.07 bits per heavy atom. The van der Waals surface area contributed by atoms with Crippen LogP contribution in [-0.4, -0.2) is 78.2 Å². The molecule has 0 aliphatic carbocycles. The molecule has 0 atom stereocenters. The van der Waals surface area contributed by atoms with Crippen molar-refractivity contribution in [1.29, 1.82) is 0 Å². The lowest BCUT2D eigenvalue weighted by atomic mass is 10.0. The second-order valence-corrected chi connectivity index (χ2v) is 10.4. The monoisotopic (exact) mass is 563 g/mol. The summed E-state index contributed by atoms with van der Waals surface area (Å²) in [5, 5.41) is 8.97. The predicted molar refractivity (Wildman–Crippen MR) is 166 cm³/mol. The van der Waals surface area contributed by atoms with Gasteiger partial charge in [-0.05, 0) is 53.9 Å². The Morgan fingerprint density at radius 2 is 1.45 bits per heavy atom. The lowest BCUT2D eigenvalue weighted by Gasteiger charge is -2.36. The SMILES string of the molecule is CCCCN(CC(=O)N1CCN(c2ccc(-c3ccc(-c4ccccc4)cc3)nn2)CC1)C(=O)c1ccc(OC)cc1. The minimum Gasteiger partial charge on any atom is -0.497 e. The van der Waals surface area contributed by atoms with Gasteiger partial charge >= 0.3 is 0 Å². The molecule has 0 N–H and O–H groups in total. The van der Waals surface area contributed by atoms with Gasteiger partial charge < -0.3 is 19.4 Å². The Hall–Kier alpha value is -4.72. The molecule has 1 aromatic heterocycles. The van der Waals surface area contributed by atoms with Gasteiger partial charge in [0.05, 0.1) is 12.8 Å². The molecule has 4 aromatic rings. The molecule has 0 spiro atoms. The first-order valence-corrected chi connectivity index (χ1v) is 14.5. The fourth-order valence-electron chi connectivity index (χ4n) is 5.08. The Balaban J connectivity index is 1.16. The number of carbonyl (C=O) groups excluding carboxylic acids is 2. The van der Waals surface area contributed by atoms with Crippen LogP contribution in [0.5, 0.6) is 5.75 Å².